The predicted octanol–water partition coefficient (Wildman–Crippen LogP) is 2.37. The highest BCUT2D eigenvalue weighted by molar-refractivity contribution is 5.22. The Hall–Kier alpha value is -1.00. The van der Waals surface area contributed by atoms with Gasteiger partial charge in [0, 0.05) is 23.6 Å². The topological polar surface area (TPSA) is 46.2 Å². The van der Waals surface area contributed by atoms with Gasteiger partial charge in [-0.3, -0.25) is 0 Å². The number of hydrogen-bond acceptors (Lipinski definition) is 2. The first-order valence-corrected chi connectivity index (χ1v) is 5.27. The molecule has 2 unspecified atom stereocenters. The van der Waals surface area contributed by atoms with Crippen LogP contribution >= 0.6 is 0 Å². The molecule has 0 aliphatic carbocycles. The van der Waals surface area contributed by atoms with Crippen molar-refractivity contribution in [3.8, 4) is 0 Å². The van der Waals surface area contributed by atoms with Crippen LogP contribution < -0.4 is 5.73 Å². The first kappa shape index (κ1) is 13.1. The lowest BCUT2D eigenvalue weighted by Crippen LogP contribution is -2.33. The standard InChI is InChI=1S/C12H17F2NO/c1-3-12(2,7-15)11(16)9-5-4-8(13)6-10(9)14/h4-6,11,16H,3,7,15H2,1-2H3. The molecular formula is C12H17F2NO. The lowest BCUT2D eigenvalue weighted by Gasteiger charge is -2.32. The van der Waals surface area contributed by atoms with Crippen LogP contribution in [-0.2, 0) is 0 Å². The van der Waals surface area contributed by atoms with Crippen LogP contribution in [0.3, 0.4) is 0 Å². The normalized spacial score (nSPS) is 16.9. The van der Waals surface area contributed by atoms with Crippen molar-refractivity contribution < 1.29 is 13.9 Å². The van der Waals surface area contributed by atoms with Crippen molar-refractivity contribution in [2.24, 2.45) is 11.1 Å². The smallest absolute Gasteiger partial charge is 0.131 e. The SMILES string of the molecule is CCC(C)(CN)C(O)c1ccc(F)cc1F. The number of benzene rings is 1. The molecule has 0 aromatic heterocycles. The van der Waals surface area contributed by atoms with Crippen molar-refractivity contribution in [3.05, 3.63) is 35.4 Å². The van der Waals surface area contributed by atoms with Crippen LogP contribution in [0.5, 0.6) is 0 Å². The van der Waals surface area contributed by atoms with Gasteiger partial charge in [0.2, 0.25) is 0 Å². The van der Waals surface area contributed by atoms with Crippen LogP contribution in [0.4, 0.5) is 8.78 Å². The summed E-state index contributed by atoms with van der Waals surface area (Å²) >= 11 is 0. The summed E-state index contributed by atoms with van der Waals surface area (Å²) in [7, 11) is 0. The summed E-state index contributed by atoms with van der Waals surface area (Å²) in [6.07, 6.45) is -0.412. The summed E-state index contributed by atoms with van der Waals surface area (Å²) in [5, 5.41) is 10.1. The lowest BCUT2D eigenvalue weighted by molar-refractivity contribution is 0.0363. The van der Waals surface area contributed by atoms with Gasteiger partial charge in [-0.15, -0.1) is 0 Å². The monoisotopic (exact) mass is 229 g/mol. The molecule has 1 aromatic rings. The Kier molecular flexibility index (Phi) is 3.99. The molecule has 1 rings (SSSR count). The third-order valence-electron chi connectivity index (χ3n) is 3.19. The lowest BCUT2D eigenvalue weighted by atomic mass is 9.78. The van der Waals surface area contributed by atoms with Crippen LogP contribution in [0.2, 0.25) is 0 Å². The van der Waals surface area contributed by atoms with E-state index in [2.05, 4.69) is 0 Å². The number of aliphatic hydroxyl groups is 1. The number of hydrogen-bond donors (Lipinski definition) is 2. The second-order valence-electron chi connectivity index (χ2n) is 4.28. The Labute approximate surface area is 94.1 Å². The second-order valence-corrected chi connectivity index (χ2v) is 4.28. The van der Waals surface area contributed by atoms with Gasteiger partial charge >= 0.3 is 0 Å². The number of rotatable bonds is 4. The minimum atomic E-state index is -1.02. The Morgan fingerprint density at radius 2 is 2.06 bits per heavy atom. The zero-order chi connectivity index (χ0) is 12.3. The van der Waals surface area contributed by atoms with Gasteiger partial charge in [-0.1, -0.05) is 19.9 Å². The van der Waals surface area contributed by atoms with E-state index in [0.717, 1.165) is 12.1 Å². The van der Waals surface area contributed by atoms with Gasteiger partial charge in [0.05, 0.1) is 6.10 Å². The van der Waals surface area contributed by atoms with Crippen LogP contribution in [0.25, 0.3) is 0 Å². The van der Waals surface area contributed by atoms with E-state index in [1.165, 1.54) is 6.07 Å². The molecule has 0 fully saturated rings. The summed E-state index contributed by atoms with van der Waals surface area (Å²) in [5.41, 5.74) is 5.07. The van der Waals surface area contributed by atoms with Crippen molar-refractivity contribution in [1.82, 2.24) is 0 Å². The molecule has 1 aromatic carbocycles. The maximum Gasteiger partial charge on any atom is 0.131 e. The van der Waals surface area contributed by atoms with Gasteiger partial charge in [0.25, 0.3) is 0 Å². The van der Waals surface area contributed by atoms with Crippen LogP contribution in [0, 0.1) is 17.0 Å². The van der Waals surface area contributed by atoms with Crippen molar-refractivity contribution in [2.45, 2.75) is 26.4 Å². The van der Waals surface area contributed by atoms with E-state index in [1.54, 1.807) is 6.92 Å². The van der Waals surface area contributed by atoms with Gasteiger partial charge in [-0.25, -0.2) is 8.78 Å². The van der Waals surface area contributed by atoms with E-state index in [-0.39, 0.29) is 12.1 Å². The summed E-state index contributed by atoms with van der Waals surface area (Å²) in [6.45, 7) is 3.89. The second kappa shape index (κ2) is 4.89. The molecule has 16 heavy (non-hydrogen) atoms. The summed E-state index contributed by atoms with van der Waals surface area (Å²) in [5.74, 6) is -1.39. The summed E-state index contributed by atoms with van der Waals surface area (Å²) in [4.78, 5) is 0. The Morgan fingerprint density at radius 3 is 2.50 bits per heavy atom. The van der Waals surface area contributed by atoms with Gasteiger partial charge in [0.15, 0.2) is 0 Å². The molecule has 0 saturated carbocycles. The van der Waals surface area contributed by atoms with E-state index < -0.39 is 23.2 Å². The van der Waals surface area contributed by atoms with Gasteiger partial charge in [0.1, 0.15) is 11.6 Å². The zero-order valence-corrected chi connectivity index (χ0v) is 9.50. The Bertz CT molecular complexity index is 364. The van der Waals surface area contributed by atoms with E-state index in [9.17, 15) is 13.9 Å². The van der Waals surface area contributed by atoms with E-state index >= 15 is 0 Å². The van der Waals surface area contributed by atoms with Crippen LogP contribution in [0.1, 0.15) is 31.9 Å². The first-order valence-electron chi connectivity index (χ1n) is 5.27. The first-order chi connectivity index (χ1) is 7.44. The van der Waals surface area contributed by atoms with Crippen LogP contribution in [-0.4, -0.2) is 11.7 Å². The Morgan fingerprint density at radius 1 is 1.44 bits per heavy atom. The summed E-state index contributed by atoms with van der Waals surface area (Å²) < 4.78 is 26.2. The highest BCUT2D eigenvalue weighted by Crippen LogP contribution is 2.36. The average molecular weight is 229 g/mol. The Balaban J connectivity index is 3.08. The maximum atomic E-state index is 13.5. The number of halogens is 2. The van der Waals surface area contributed by atoms with Crippen molar-refractivity contribution in [1.29, 1.82) is 0 Å². The fourth-order valence-electron chi connectivity index (χ4n) is 1.55. The molecule has 3 N–H and O–H groups in total. The van der Waals surface area contributed by atoms with Crippen molar-refractivity contribution >= 4 is 0 Å². The van der Waals surface area contributed by atoms with Gasteiger partial charge in [-0.2, -0.15) is 0 Å². The largest absolute Gasteiger partial charge is 0.388 e. The van der Waals surface area contributed by atoms with E-state index in [1.807, 2.05) is 6.92 Å². The number of nitrogens with two attached hydrogens (primary N) is 1. The van der Waals surface area contributed by atoms with E-state index in [4.69, 9.17) is 5.73 Å². The van der Waals surface area contributed by atoms with Crippen LogP contribution in [0.15, 0.2) is 18.2 Å². The van der Waals surface area contributed by atoms with Crippen molar-refractivity contribution in [2.75, 3.05) is 6.54 Å². The van der Waals surface area contributed by atoms with Gasteiger partial charge < -0.3 is 10.8 Å². The number of aliphatic hydroxyl groups excluding tert-OH is 1. The molecule has 0 bridgehead atoms. The average Bonchev–Trinajstić information content (AvgIpc) is 2.27. The fraction of sp³-hybridized carbons (Fsp3) is 0.500. The van der Waals surface area contributed by atoms with Crippen molar-refractivity contribution in [3.63, 3.8) is 0 Å². The van der Waals surface area contributed by atoms with Gasteiger partial charge in [-0.05, 0) is 12.5 Å². The third kappa shape index (κ3) is 2.39. The quantitative estimate of drug-likeness (QED) is 0.832. The molecule has 4 heteroatoms. The predicted molar refractivity (Wildman–Crippen MR) is 58.8 cm³/mol. The minimum absolute atomic E-state index is 0.0937. The molecule has 0 aliphatic heterocycles. The molecule has 0 heterocycles. The third-order valence-corrected chi connectivity index (χ3v) is 3.19. The molecule has 0 aliphatic rings. The molecule has 2 atom stereocenters. The zero-order valence-electron chi connectivity index (χ0n) is 9.50. The molecule has 2 nitrogen and oxygen atoms in total. The molecule has 0 amide bonds. The molecule has 0 spiro atoms. The molecule has 0 saturated heterocycles. The molecular weight excluding hydrogens is 212 g/mol. The highest BCUT2D eigenvalue weighted by atomic mass is 19.1. The fourth-order valence-corrected chi connectivity index (χ4v) is 1.55. The summed E-state index contributed by atoms with van der Waals surface area (Å²) in [6, 6.07) is 3.16. The van der Waals surface area contributed by atoms with E-state index in [0.29, 0.717) is 6.42 Å². The minimum Gasteiger partial charge on any atom is -0.388 e. The maximum absolute atomic E-state index is 13.5. The molecule has 0 radical (unpaired) electrons. The molecule has 90 valence electrons. The highest BCUT2D eigenvalue weighted by Gasteiger charge is 2.32.